The van der Waals surface area contributed by atoms with E-state index in [1.165, 1.54) is 12.3 Å². The van der Waals surface area contributed by atoms with Crippen LogP contribution in [0.2, 0.25) is 0 Å². The monoisotopic (exact) mass is 491 g/mol. The number of benzene rings is 4. The van der Waals surface area contributed by atoms with Crippen molar-refractivity contribution < 1.29 is 18.7 Å². The van der Waals surface area contributed by atoms with Crippen molar-refractivity contribution in [1.82, 2.24) is 10.4 Å². The average molecular weight is 492 g/mol. The molecule has 0 aliphatic carbocycles. The first-order valence-electron chi connectivity index (χ1n) is 11.6. The van der Waals surface area contributed by atoms with E-state index in [0.717, 1.165) is 11.1 Å². The van der Waals surface area contributed by atoms with Crippen LogP contribution >= 0.6 is 0 Å². The number of hydrogen-bond acceptors (Lipinski definition) is 4. The number of esters is 1. The summed E-state index contributed by atoms with van der Waals surface area (Å²) in [6.45, 7) is 1.93. The second-order valence-electron chi connectivity index (χ2n) is 8.40. The molecule has 0 radical (unpaired) electrons. The molecule has 6 nitrogen and oxygen atoms in total. The molecule has 1 heterocycles. The van der Waals surface area contributed by atoms with Crippen LogP contribution in [0, 0.1) is 12.7 Å². The van der Waals surface area contributed by atoms with Crippen LogP contribution in [0.25, 0.3) is 22.0 Å². The van der Waals surface area contributed by atoms with Gasteiger partial charge in [0, 0.05) is 16.5 Å². The molecular weight excluding hydrogens is 469 g/mol. The zero-order valence-electron chi connectivity index (χ0n) is 19.9. The van der Waals surface area contributed by atoms with Crippen molar-refractivity contribution in [2.75, 3.05) is 0 Å². The molecule has 7 heteroatoms. The molecule has 0 atom stereocenters. The number of aromatic nitrogens is 1. The molecule has 5 aromatic rings. The molecular formula is C30H22FN3O3. The zero-order chi connectivity index (χ0) is 25.8. The second-order valence-corrected chi connectivity index (χ2v) is 8.40. The van der Waals surface area contributed by atoms with Crippen molar-refractivity contribution in [3.8, 4) is 16.9 Å². The van der Waals surface area contributed by atoms with Crippen molar-refractivity contribution in [3.05, 3.63) is 125 Å². The van der Waals surface area contributed by atoms with Crippen LogP contribution in [0.1, 0.15) is 32.0 Å². The van der Waals surface area contributed by atoms with Crippen LogP contribution < -0.4 is 10.2 Å². The normalized spacial score (nSPS) is 11.1. The molecule has 0 bridgehead atoms. The second kappa shape index (κ2) is 10.3. The lowest BCUT2D eigenvalue weighted by atomic mass is 10.0. The van der Waals surface area contributed by atoms with Gasteiger partial charge in [0.1, 0.15) is 17.3 Å². The highest BCUT2D eigenvalue weighted by molar-refractivity contribution is 6.10. The van der Waals surface area contributed by atoms with E-state index in [1.807, 2.05) is 49.4 Å². The van der Waals surface area contributed by atoms with Gasteiger partial charge in [0.25, 0.3) is 5.91 Å². The first kappa shape index (κ1) is 23.7. The summed E-state index contributed by atoms with van der Waals surface area (Å²) in [5.74, 6) is -1.21. The van der Waals surface area contributed by atoms with Gasteiger partial charge < -0.3 is 9.72 Å². The van der Waals surface area contributed by atoms with Gasteiger partial charge in [0.2, 0.25) is 0 Å². The maximum atomic E-state index is 14.5. The number of para-hydroxylation sites is 2. The minimum absolute atomic E-state index is 0.183. The van der Waals surface area contributed by atoms with Crippen LogP contribution in [-0.2, 0) is 0 Å². The molecule has 37 heavy (non-hydrogen) atoms. The number of fused-ring (bicyclic) bond motifs is 1. The lowest BCUT2D eigenvalue weighted by molar-refractivity contribution is 0.0734. The molecule has 0 fully saturated rings. The Bertz CT molecular complexity index is 1620. The Morgan fingerprint density at radius 2 is 1.62 bits per heavy atom. The molecule has 0 saturated heterocycles. The first-order chi connectivity index (χ1) is 18.0. The number of halogens is 1. The number of carbonyl (C=O) groups excluding carboxylic acids is 2. The van der Waals surface area contributed by atoms with Crippen molar-refractivity contribution >= 4 is 29.0 Å². The quantitative estimate of drug-likeness (QED) is 0.127. The van der Waals surface area contributed by atoms with Crippen molar-refractivity contribution in [3.63, 3.8) is 0 Å². The number of H-pyrrole nitrogens is 1. The fourth-order valence-corrected chi connectivity index (χ4v) is 4.00. The van der Waals surface area contributed by atoms with Gasteiger partial charge in [-0.2, -0.15) is 5.10 Å². The van der Waals surface area contributed by atoms with Crippen LogP contribution in [0.3, 0.4) is 0 Å². The molecule has 4 aromatic carbocycles. The summed E-state index contributed by atoms with van der Waals surface area (Å²) in [4.78, 5) is 28.6. The third kappa shape index (κ3) is 5.01. The van der Waals surface area contributed by atoms with E-state index in [2.05, 4.69) is 15.5 Å². The molecule has 0 spiro atoms. The van der Waals surface area contributed by atoms with Crippen LogP contribution in [0.15, 0.2) is 102 Å². The Labute approximate surface area is 212 Å². The van der Waals surface area contributed by atoms with E-state index >= 15 is 0 Å². The van der Waals surface area contributed by atoms with Gasteiger partial charge in [-0.05, 0) is 42.8 Å². The maximum absolute atomic E-state index is 14.5. The summed E-state index contributed by atoms with van der Waals surface area (Å²) >= 11 is 0. The number of nitrogens with zero attached hydrogens (tertiary/aromatic N) is 1. The number of hydrazone groups is 1. The summed E-state index contributed by atoms with van der Waals surface area (Å²) in [5, 5.41) is 4.66. The number of ether oxygens (including phenoxy) is 1. The Morgan fingerprint density at radius 1 is 0.892 bits per heavy atom. The topological polar surface area (TPSA) is 83.5 Å². The molecule has 182 valence electrons. The number of carbonyl (C=O) groups is 2. The minimum Gasteiger partial charge on any atom is -0.422 e. The Kier molecular flexibility index (Phi) is 6.59. The lowest BCUT2D eigenvalue weighted by Gasteiger charge is -2.08. The predicted molar refractivity (Wildman–Crippen MR) is 141 cm³/mol. The van der Waals surface area contributed by atoms with E-state index in [9.17, 15) is 14.0 Å². The number of hydrogen-bond donors (Lipinski definition) is 2. The highest BCUT2D eigenvalue weighted by Gasteiger charge is 2.20. The summed E-state index contributed by atoms with van der Waals surface area (Å²) in [5.41, 5.74) is 6.21. The molecule has 0 unspecified atom stereocenters. The number of aromatic amines is 1. The zero-order valence-corrected chi connectivity index (χ0v) is 19.9. The highest BCUT2D eigenvalue weighted by atomic mass is 19.1. The standard InChI is InChI=1S/C30H22FN3O3/c1-19-14-16-21(17-15-19)30(36)37-25-13-6-5-10-22(25)18-32-34-29(35)28-26(20-8-3-2-4-9-20)23-11-7-12-24(31)27(23)33-28/h2-18,33H,1H3,(H,34,35). The van der Waals surface area contributed by atoms with Crippen molar-refractivity contribution in [2.24, 2.45) is 5.10 Å². The van der Waals surface area contributed by atoms with Gasteiger partial charge in [0.05, 0.1) is 17.3 Å². The van der Waals surface area contributed by atoms with Gasteiger partial charge in [0.15, 0.2) is 0 Å². The first-order valence-corrected chi connectivity index (χ1v) is 11.6. The van der Waals surface area contributed by atoms with Gasteiger partial charge in [-0.3, -0.25) is 4.79 Å². The number of aryl methyl sites for hydroxylation is 1. The molecule has 0 aliphatic rings. The molecule has 0 aliphatic heterocycles. The highest BCUT2D eigenvalue weighted by Crippen LogP contribution is 2.33. The summed E-state index contributed by atoms with van der Waals surface area (Å²) in [6, 6.07) is 27.9. The molecule has 0 saturated carbocycles. The Hall–Kier alpha value is -5.04. The van der Waals surface area contributed by atoms with E-state index in [-0.39, 0.29) is 11.2 Å². The third-order valence-electron chi connectivity index (χ3n) is 5.85. The van der Waals surface area contributed by atoms with Crippen LogP contribution in [0.4, 0.5) is 4.39 Å². The number of nitrogens with one attached hydrogen (secondary N) is 2. The van der Waals surface area contributed by atoms with Gasteiger partial charge in [-0.15, -0.1) is 0 Å². The van der Waals surface area contributed by atoms with E-state index in [4.69, 9.17) is 4.74 Å². The Balaban J connectivity index is 1.39. The summed E-state index contributed by atoms with van der Waals surface area (Å²) < 4.78 is 20.0. The lowest BCUT2D eigenvalue weighted by Crippen LogP contribution is -2.19. The largest absolute Gasteiger partial charge is 0.422 e. The van der Waals surface area contributed by atoms with Gasteiger partial charge >= 0.3 is 5.97 Å². The van der Waals surface area contributed by atoms with Crippen LogP contribution in [-0.4, -0.2) is 23.1 Å². The van der Waals surface area contributed by atoms with Crippen molar-refractivity contribution in [1.29, 1.82) is 0 Å². The summed E-state index contributed by atoms with van der Waals surface area (Å²) in [6.07, 6.45) is 1.39. The molecule has 1 aromatic heterocycles. The third-order valence-corrected chi connectivity index (χ3v) is 5.85. The van der Waals surface area contributed by atoms with E-state index in [0.29, 0.717) is 27.8 Å². The Morgan fingerprint density at radius 3 is 2.41 bits per heavy atom. The number of amides is 1. The molecule has 2 N–H and O–H groups in total. The van der Waals surface area contributed by atoms with Gasteiger partial charge in [-0.25, -0.2) is 14.6 Å². The van der Waals surface area contributed by atoms with Crippen molar-refractivity contribution in [2.45, 2.75) is 6.92 Å². The van der Waals surface area contributed by atoms with E-state index in [1.54, 1.807) is 48.5 Å². The van der Waals surface area contributed by atoms with E-state index < -0.39 is 17.7 Å². The summed E-state index contributed by atoms with van der Waals surface area (Å²) in [7, 11) is 0. The number of rotatable bonds is 6. The SMILES string of the molecule is Cc1ccc(C(=O)Oc2ccccc2C=NNC(=O)c2[nH]c3c(F)cccc3c2-c2ccccc2)cc1. The van der Waals surface area contributed by atoms with Gasteiger partial charge in [-0.1, -0.05) is 72.3 Å². The smallest absolute Gasteiger partial charge is 0.343 e. The van der Waals surface area contributed by atoms with Crippen LogP contribution in [0.5, 0.6) is 5.75 Å². The molecule has 5 rings (SSSR count). The average Bonchev–Trinajstić information content (AvgIpc) is 3.31. The fourth-order valence-electron chi connectivity index (χ4n) is 4.00. The molecule has 1 amide bonds. The minimum atomic E-state index is -0.542. The predicted octanol–water partition coefficient (Wildman–Crippen LogP) is 6.27. The maximum Gasteiger partial charge on any atom is 0.343 e. The fraction of sp³-hybridized carbons (Fsp3) is 0.0333.